The lowest BCUT2D eigenvalue weighted by Crippen LogP contribution is -2.41. The number of aliphatic carboxylic acids is 2. The normalized spacial score (nSPS) is 14.2. The molecule has 0 spiro atoms. The first kappa shape index (κ1) is 39.9. The molecule has 3 unspecified atom stereocenters. The van der Waals surface area contributed by atoms with E-state index in [0.717, 1.165) is 25.7 Å². The summed E-state index contributed by atoms with van der Waals surface area (Å²) in [4.78, 5) is 24.5. The fraction of sp³-hybridized carbons (Fsp3) is 0.946. The van der Waals surface area contributed by atoms with E-state index >= 15 is 0 Å². The van der Waals surface area contributed by atoms with Crippen molar-refractivity contribution in [1.82, 2.24) is 0 Å². The summed E-state index contributed by atoms with van der Waals surface area (Å²) in [6.07, 6.45) is 31.6. The Morgan fingerprint density at radius 3 is 1.07 bits per heavy atom. The standard InChI is InChI=1S/C37H72O4/c1-6-8-10-12-14-16-18-20-22-24-26-28-30-33(35(38)39)32(3)37(4,5)34(36(40)41)31-29-27-25-23-21-19-17-15-13-11-9-7-2/h32-34H,6-31H2,1-5H3,(H,38,39)(H,40,41). The van der Waals surface area contributed by atoms with Gasteiger partial charge >= 0.3 is 11.9 Å². The van der Waals surface area contributed by atoms with Crippen LogP contribution in [0.3, 0.4) is 0 Å². The molecule has 244 valence electrons. The van der Waals surface area contributed by atoms with Crippen molar-refractivity contribution in [3.8, 4) is 0 Å². The van der Waals surface area contributed by atoms with E-state index in [1.807, 2.05) is 20.8 Å². The predicted molar refractivity (Wildman–Crippen MR) is 177 cm³/mol. The Morgan fingerprint density at radius 1 is 0.488 bits per heavy atom. The summed E-state index contributed by atoms with van der Waals surface area (Å²) in [5.74, 6) is -2.67. The predicted octanol–water partition coefficient (Wildman–Crippen LogP) is 12.2. The molecule has 4 nitrogen and oxygen atoms in total. The van der Waals surface area contributed by atoms with Crippen LogP contribution in [-0.4, -0.2) is 22.2 Å². The van der Waals surface area contributed by atoms with Crippen molar-refractivity contribution in [2.45, 2.75) is 202 Å². The highest BCUT2D eigenvalue weighted by Crippen LogP contribution is 2.43. The van der Waals surface area contributed by atoms with Gasteiger partial charge in [0.25, 0.3) is 0 Å². The Labute approximate surface area is 256 Å². The third-order valence-electron chi connectivity index (χ3n) is 10.0. The van der Waals surface area contributed by atoms with Gasteiger partial charge in [-0.05, 0) is 24.2 Å². The first-order chi connectivity index (χ1) is 19.7. The summed E-state index contributed by atoms with van der Waals surface area (Å²) in [5, 5.41) is 20.1. The van der Waals surface area contributed by atoms with Gasteiger partial charge in [0.1, 0.15) is 0 Å². The largest absolute Gasteiger partial charge is 0.481 e. The highest BCUT2D eigenvalue weighted by atomic mass is 16.4. The minimum Gasteiger partial charge on any atom is -0.481 e. The van der Waals surface area contributed by atoms with Crippen LogP contribution in [0.5, 0.6) is 0 Å². The number of carboxylic acid groups (broad SMARTS) is 2. The second kappa shape index (κ2) is 26.6. The molecule has 0 heterocycles. The molecule has 3 atom stereocenters. The van der Waals surface area contributed by atoms with Crippen LogP contribution in [-0.2, 0) is 9.59 Å². The topological polar surface area (TPSA) is 74.6 Å². The van der Waals surface area contributed by atoms with Crippen molar-refractivity contribution in [3.05, 3.63) is 0 Å². The van der Waals surface area contributed by atoms with Crippen molar-refractivity contribution >= 4 is 11.9 Å². The van der Waals surface area contributed by atoms with Gasteiger partial charge in [0, 0.05) is 0 Å². The average Bonchev–Trinajstić information content (AvgIpc) is 2.93. The SMILES string of the molecule is CCCCCCCCCCCCCCC(C(=O)O)C(C)C(C)(C)C(CCCCCCCCCCCCCC)C(=O)O. The van der Waals surface area contributed by atoms with Crippen molar-refractivity contribution in [2.24, 2.45) is 23.2 Å². The van der Waals surface area contributed by atoms with Gasteiger partial charge in [-0.3, -0.25) is 9.59 Å². The van der Waals surface area contributed by atoms with E-state index in [-0.39, 0.29) is 5.92 Å². The van der Waals surface area contributed by atoms with Crippen molar-refractivity contribution in [3.63, 3.8) is 0 Å². The zero-order valence-corrected chi connectivity index (χ0v) is 28.3. The number of rotatable bonds is 31. The highest BCUT2D eigenvalue weighted by molar-refractivity contribution is 5.72. The van der Waals surface area contributed by atoms with Gasteiger partial charge in [-0.15, -0.1) is 0 Å². The molecule has 41 heavy (non-hydrogen) atoms. The smallest absolute Gasteiger partial charge is 0.307 e. The molecule has 0 radical (unpaired) electrons. The van der Waals surface area contributed by atoms with Gasteiger partial charge in [-0.25, -0.2) is 0 Å². The molecule has 0 aliphatic heterocycles. The molecule has 0 aromatic rings. The fourth-order valence-electron chi connectivity index (χ4n) is 6.63. The lowest BCUT2D eigenvalue weighted by molar-refractivity contribution is -0.154. The zero-order chi connectivity index (χ0) is 30.8. The Balaban J connectivity index is 4.32. The second-order valence-corrected chi connectivity index (χ2v) is 13.8. The maximum absolute atomic E-state index is 12.3. The van der Waals surface area contributed by atoms with Crippen molar-refractivity contribution < 1.29 is 19.8 Å². The van der Waals surface area contributed by atoms with Gasteiger partial charge in [0.05, 0.1) is 11.8 Å². The fourth-order valence-corrected chi connectivity index (χ4v) is 6.63. The Bertz CT molecular complexity index is 614. The first-order valence-electron chi connectivity index (χ1n) is 18.2. The summed E-state index contributed by atoms with van der Waals surface area (Å²) >= 11 is 0. The third kappa shape index (κ3) is 20.5. The van der Waals surface area contributed by atoms with Crippen LogP contribution in [0.4, 0.5) is 0 Å². The van der Waals surface area contributed by atoms with Gasteiger partial charge in [-0.1, -0.05) is 189 Å². The maximum Gasteiger partial charge on any atom is 0.307 e. The molecule has 0 aromatic carbocycles. The van der Waals surface area contributed by atoms with Crippen LogP contribution in [0, 0.1) is 23.2 Å². The first-order valence-corrected chi connectivity index (χ1v) is 18.2. The summed E-state index contributed by atoms with van der Waals surface area (Å²) in [6, 6.07) is 0. The van der Waals surface area contributed by atoms with Gasteiger partial charge in [0.15, 0.2) is 0 Å². The van der Waals surface area contributed by atoms with Gasteiger partial charge in [-0.2, -0.15) is 0 Å². The molecule has 4 heteroatoms. The molecule has 0 aliphatic rings. The Morgan fingerprint density at radius 2 is 0.780 bits per heavy atom. The summed E-state index contributed by atoms with van der Waals surface area (Å²) < 4.78 is 0. The molecular formula is C37H72O4. The lowest BCUT2D eigenvalue weighted by atomic mass is 9.63. The molecular weight excluding hydrogens is 508 g/mol. The van der Waals surface area contributed by atoms with E-state index in [1.54, 1.807) is 0 Å². The van der Waals surface area contributed by atoms with E-state index in [2.05, 4.69) is 13.8 Å². The Kier molecular flexibility index (Phi) is 25.9. The van der Waals surface area contributed by atoms with E-state index in [4.69, 9.17) is 0 Å². The molecule has 0 amide bonds. The maximum atomic E-state index is 12.3. The summed E-state index contributed by atoms with van der Waals surface area (Å²) in [7, 11) is 0. The summed E-state index contributed by atoms with van der Waals surface area (Å²) in [6.45, 7) is 10.5. The van der Waals surface area contributed by atoms with Gasteiger partial charge in [0.2, 0.25) is 0 Å². The quantitative estimate of drug-likeness (QED) is 0.0800. The van der Waals surface area contributed by atoms with E-state index in [9.17, 15) is 19.8 Å². The molecule has 2 N–H and O–H groups in total. The lowest BCUT2D eigenvalue weighted by Gasteiger charge is -2.40. The molecule has 0 saturated heterocycles. The molecule has 0 saturated carbocycles. The third-order valence-corrected chi connectivity index (χ3v) is 10.0. The monoisotopic (exact) mass is 581 g/mol. The molecule has 0 rings (SSSR count). The number of carbonyl (C=O) groups is 2. The minimum atomic E-state index is -0.764. The zero-order valence-electron chi connectivity index (χ0n) is 28.3. The van der Waals surface area contributed by atoms with Crippen LogP contribution in [0.2, 0.25) is 0 Å². The van der Waals surface area contributed by atoms with E-state index in [1.165, 1.54) is 128 Å². The van der Waals surface area contributed by atoms with Crippen LogP contribution < -0.4 is 0 Å². The molecule has 0 aromatic heterocycles. The van der Waals surface area contributed by atoms with E-state index < -0.39 is 29.2 Å². The van der Waals surface area contributed by atoms with Crippen LogP contribution in [0.25, 0.3) is 0 Å². The molecule has 0 aliphatic carbocycles. The average molecular weight is 581 g/mol. The van der Waals surface area contributed by atoms with Crippen molar-refractivity contribution in [2.75, 3.05) is 0 Å². The number of unbranched alkanes of at least 4 members (excludes halogenated alkanes) is 22. The number of carboxylic acids is 2. The van der Waals surface area contributed by atoms with Crippen LogP contribution >= 0.6 is 0 Å². The van der Waals surface area contributed by atoms with Crippen LogP contribution in [0.15, 0.2) is 0 Å². The van der Waals surface area contributed by atoms with Crippen molar-refractivity contribution in [1.29, 1.82) is 0 Å². The Hall–Kier alpha value is -1.06. The number of hydrogen-bond donors (Lipinski definition) is 2. The van der Waals surface area contributed by atoms with E-state index in [0.29, 0.717) is 12.8 Å². The number of hydrogen-bond acceptors (Lipinski definition) is 2. The molecule has 0 bridgehead atoms. The summed E-state index contributed by atoms with van der Waals surface area (Å²) in [5.41, 5.74) is -0.552. The highest BCUT2D eigenvalue weighted by Gasteiger charge is 2.43. The molecule has 0 fully saturated rings. The van der Waals surface area contributed by atoms with Crippen LogP contribution in [0.1, 0.15) is 202 Å². The second-order valence-electron chi connectivity index (χ2n) is 13.8. The minimum absolute atomic E-state index is 0.175. The van der Waals surface area contributed by atoms with Gasteiger partial charge < -0.3 is 10.2 Å².